The summed E-state index contributed by atoms with van der Waals surface area (Å²) in [5.41, 5.74) is 1.86. The Morgan fingerprint density at radius 3 is 2.95 bits per heavy atom. The van der Waals surface area contributed by atoms with Crippen molar-refractivity contribution in [1.29, 1.82) is 0 Å². The van der Waals surface area contributed by atoms with E-state index in [-0.39, 0.29) is 5.76 Å². The van der Waals surface area contributed by atoms with Gasteiger partial charge >= 0.3 is 5.97 Å². The molecule has 0 aliphatic heterocycles. The molecule has 20 heavy (non-hydrogen) atoms. The summed E-state index contributed by atoms with van der Waals surface area (Å²) in [5.74, 6) is -0.432. The Morgan fingerprint density at radius 2 is 2.20 bits per heavy atom. The zero-order valence-electron chi connectivity index (χ0n) is 10.8. The van der Waals surface area contributed by atoms with Gasteiger partial charge in [-0.2, -0.15) is 0 Å². The van der Waals surface area contributed by atoms with E-state index in [4.69, 9.17) is 9.52 Å². The Hall–Kier alpha value is -2.27. The van der Waals surface area contributed by atoms with Crippen molar-refractivity contribution in [2.75, 3.05) is 5.32 Å². The number of furan rings is 1. The lowest BCUT2D eigenvalue weighted by Crippen LogP contribution is -1.99. The molecule has 0 spiro atoms. The van der Waals surface area contributed by atoms with Crippen molar-refractivity contribution in [1.82, 2.24) is 0 Å². The van der Waals surface area contributed by atoms with Crippen LogP contribution in [-0.2, 0) is 6.54 Å². The number of carbonyl (C=O) groups is 1. The summed E-state index contributed by atoms with van der Waals surface area (Å²) in [7, 11) is 0. The molecule has 0 aliphatic carbocycles. The van der Waals surface area contributed by atoms with Crippen LogP contribution in [0.3, 0.4) is 0 Å². The maximum Gasteiger partial charge on any atom is 0.371 e. The molecule has 5 heteroatoms. The first-order chi connectivity index (χ1) is 9.63. The second kappa shape index (κ2) is 5.02. The van der Waals surface area contributed by atoms with Gasteiger partial charge in [-0.15, -0.1) is 11.3 Å². The Labute approximate surface area is 119 Å². The molecule has 102 valence electrons. The Balaban J connectivity index is 1.77. The van der Waals surface area contributed by atoms with Gasteiger partial charge in [-0.25, -0.2) is 4.79 Å². The molecule has 0 atom stereocenters. The molecule has 0 fully saturated rings. The number of carboxylic acid groups (broad SMARTS) is 1. The molecule has 1 aromatic carbocycles. The fourth-order valence-electron chi connectivity index (χ4n) is 2.07. The maximum atomic E-state index is 10.8. The minimum absolute atomic E-state index is 0.0208. The summed E-state index contributed by atoms with van der Waals surface area (Å²) in [4.78, 5) is 10.8. The molecule has 2 N–H and O–H groups in total. The van der Waals surface area contributed by atoms with Crippen molar-refractivity contribution in [3.8, 4) is 0 Å². The highest BCUT2D eigenvalue weighted by molar-refractivity contribution is 7.17. The van der Waals surface area contributed by atoms with Crippen molar-refractivity contribution in [3.63, 3.8) is 0 Å². The number of hydrogen-bond donors (Lipinski definition) is 2. The Morgan fingerprint density at radius 1 is 1.35 bits per heavy atom. The van der Waals surface area contributed by atoms with Gasteiger partial charge in [0.1, 0.15) is 5.76 Å². The van der Waals surface area contributed by atoms with E-state index in [2.05, 4.69) is 28.9 Å². The van der Waals surface area contributed by atoms with Crippen molar-refractivity contribution < 1.29 is 14.3 Å². The van der Waals surface area contributed by atoms with Crippen molar-refractivity contribution >= 4 is 33.1 Å². The fraction of sp³-hybridized carbons (Fsp3) is 0.133. The van der Waals surface area contributed by atoms with Gasteiger partial charge < -0.3 is 14.8 Å². The number of rotatable bonds is 4. The quantitative estimate of drug-likeness (QED) is 0.758. The number of fused-ring (bicyclic) bond motifs is 1. The smallest absolute Gasteiger partial charge is 0.371 e. The summed E-state index contributed by atoms with van der Waals surface area (Å²) >= 11 is 1.71. The van der Waals surface area contributed by atoms with Crippen LogP contribution in [0.1, 0.15) is 21.9 Å². The third kappa shape index (κ3) is 2.40. The molecule has 0 unspecified atom stereocenters. The van der Waals surface area contributed by atoms with Crippen LogP contribution in [0.5, 0.6) is 0 Å². The number of anilines is 1. The van der Waals surface area contributed by atoms with Gasteiger partial charge in [0, 0.05) is 22.5 Å². The molecule has 2 aromatic heterocycles. The molecule has 0 radical (unpaired) electrons. The van der Waals surface area contributed by atoms with Crippen molar-refractivity contribution in [3.05, 3.63) is 52.8 Å². The minimum Gasteiger partial charge on any atom is -0.475 e. The second-order valence-electron chi connectivity index (χ2n) is 4.52. The predicted octanol–water partition coefficient (Wildman–Crippen LogP) is 4.11. The summed E-state index contributed by atoms with van der Waals surface area (Å²) in [6, 6.07) is 9.82. The fourth-order valence-corrected chi connectivity index (χ4v) is 2.85. The van der Waals surface area contributed by atoms with Gasteiger partial charge in [0.2, 0.25) is 5.76 Å². The molecular weight excluding hydrogens is 274 g/mol. The van der Waals surface area contributed by atoms with Gasteiger partial charge in [0.15, 0.2) is 0 Å². The Bertz CT molecular complexity index is 772. The monoisotopic (exact) mass is 287 g/mol. The van der Waals surface area contributed by atoms with Crippen LogP contribution in [0.2, 0.25) is 0 Å². The predicted molar refractivity (Wildman–Crippen MR) is 79.6 cm³/mol. The third-order valence-electron chi connectivity index (χ3n) is 3.17. The molecule has 2 heterocycles. The van der Waals surface area contributed by atoms with Gasteiger partial charge in [-0.05, 0) is 48.0 Å². The van der Waals surface area contributed by atoms with Gasteiger partial charge in [-0.3, -0.25) is 0 Å². The van der Waals surface area contributed by atoms with E-state index in [9.17, 15) is 4.79 Å². The van der Waals surface area contributed by atoms with Gasteiger partial charge in [0.05, 0.1) is 0 Å². The van der Waals surface area contributed by atoms with Gasteiger partial charge in [-0.1, -0.05) is 0 Å². The number of nitrogens with one attached hydrogen (secondary N) is 1. The zero-order valence-corrected chi connectivity index (χ0v) is 11.7. The van der Waals surface area contributed by atoms with E-state index in [0.717, 1.165) is 11.3 Å². The number of thiophene rings is 1. The summed E-state index contributed by atoms with van der Waals surface area (Å²) in [5, 5.41) is 15.4. The highest BCUT2D eigenvalue weighted by Crippen LogP contribution is 2.24. The lowest BCUT2D eigenvalue weighted by atomic mass is 10.2. The van der Waals surface area contributed by atoms with Crippen LogP contribution >= 0.6 is 11.3 Å². The first-order valence-electron chi connectivity index (χ1n) is 6.17. The highest BCUT2D eigenvalue weighted by atomic mass is 32.1. The molecule has 0 saturated carbocycles. The van der Waals surface area contributed by atoms with E-state index < -0.39 is 5.97 Å². The van der Waals surface area contributed by atoms with E-state index in [1.54, 1.807) is 24.3 Å². The number of hydrogen-bond acceptors (Lipinski definition) is 4. The number of benzene rings is 1. The zero-order chi connectivity index (χ0) is 14.1. The van der Waals surface area contributed by atoms with Crippen molar-refractivity contribution in [2.45, 2.75) is 13.5 Å². The summed E-state index contributed by atoms with van der Waals surface area (Å²) < 4.78 is 6.44. The molecule has 0 aliphatic rings. The van der Waals surface area contributed by atoms with Crippen LogP contribution in [0.4, 0.5) is 5.69 Å². The van der Waals surface area contributed by atoms with E-state index in [1.165, 1.54) is 10.1 Å². The summed E-state index contributed by atoms with van der Waals surface area (Å²) in [6.07, 6.45) is 0. The normalized spacial score (nSPS) is 10.8. The lowest BCUT2D eigenvalue weighted by Gasteiger charge is -2.05. The lowest BCUT2D eigenvalue weighted by molar-refractivity contribution is 0.0661. The largest absolute Gasteiger partial charge is 0.475 e. The van der Waals surface area contributed by atoms with Crippen LogP contribution in [-0.4, -0.2) is 11.1 Å². The molecule has 4 nitrogen and oxygen atoms in total. The van der Waals surface area contributed by atoms with Crippen molar-refractivity contribution in [2.24, 2.45) is 0 Å². The second-order valence-corrected chi connectivity index (χ2v) is 5.47. The third-order valence-corrected chi connectivity index (χ3v) is 4.06. The Kier molecular flexibility index (Phi) is 3.20. The average Bonchev–Trinajstić information content (AvgIpc) is 3.02. The molecule has 0 bridgehead atoms. The SMILES string of the molecule is Cc1oc(C(=O)O)cc1CNc1ccc2sccc2c1. The topological polar surface area (TPSA) is 62.5 Å². The van der Waals surface area contributed by atoms with E-state index in [1.807, 2.05) is 6.07 Å². The number of aryl methyl sites for hydroxylation is 1. The maximum absolute atomic E-state index is 10.8. The number of aromatic carboxylic acids is 1. The molecule has 0 amide bonds. The van der Waals surface area contributed by atoms with E-state index >= 15 is 0 Å². The van der Waals surface area contributed by atoms with Crippen LogP contribution < -0.4 is 5.32 Å². The number of carboxylic acids is 1. The highest BCUT2D eigenvalue weighted by Gasteiger charge is 2.12. The van der Waals surface area contributed by atoms with Crippen LogP contribution in [0, 0.1) is 6.92 Å². The first-order valence-corrected chi connectivity index (χ1v) is 7.05. The first kappa shape index (κ1) is 12.7. The van der Waals surface area contributed by atoms with Crippen LogP contribution in [0.15, 0.2) is 40.1 Å². The van der Waals surface area contributed by atoms with Gasteiger partial charge in [0.25, 0.3) is 0 Å². The molecule has 3 rings (SSSR count). The minimum atomic E-state index is -1.04. The van der Waals surface area contributed by atoms with E-state index in [0.29, 0.717) is 12.3 Å². The standard InChI is InChI=1S/C15H13NO3S/c1-9-11(7-13(19-9)15(17)18)8-16-12-2-3-14-10(6-12)4-5-20-14/h2-7,16H,8H2,1H3,(H,17,18). The average molecular weight is 287 g/mol. The molecule has 0 saturated heterocycles. The molecule has 3 aromatic rings. The summed E-state index contributed by atoms with van der Waals surface area (Å²) in [6.45, 7) is 2.31. The van der Waals surface area contributed by atoms with Crippen LogP contribution in [0.25, 0.3) is 10.1 Å². The molecular formula is C15H13NO3S.